The van der Waals surface area contributed by atoms with Crippen molar-refractivity contribution in [2.24, 2.45) is 0 Å². The third-order valence-electron chi connectivity index (χ3n) is 4.92. The number of benzene rings is 2. The molecule has 0 aliphatic carbocycles. The van der Waals surface area contributed by atoms with E-state index in [-0.39, 0.29) is 16.7 Å². The highest BCUT2D eigenvalue weighted by atomic mass is 32.2. The van der Waals surface area contributed by atoms with Gasteiger partial charge in [0.2, 0.25) is 10.0 Å². The fourth-order valence-electron chi connectivity index (χ4n) is 3.30. The van der Waals surface area contributed by atoms with E-state index in [4.69, 9.17) is 4.74 Å². The number of carbonyl (C=O) groups is 1. The van der Waals surface area contributed by atoms with Crippen LogP contribution in [0, 0.1) is 0 Å². The van der Waals surface area contributed by atoms with Gasteiger partial charge in [0, 0.05) is 18.7 Å². The van der Waals surface area contributed by atoms with Gasteiger partial charge < -0.3 is 4.74 Å². The Kier molecular flexibility index (Phi) is 6.61. The predicted octanol–water partition coefficient (Wildman–Crippen LogP) is 2.06. The van der Waals surface area contributed by atoms with Gasteiger partial charge in [-0.1, -0.05) is 42.5 Å². The molecule has 0 unspecified atom stereocenters. The Bertz CT molecular complexity index is 907. The monoisotopic (exact) mass is 402 g/mol. The number of morpholine rings is 1. The highest BCUT2D eigenvalue weighted by molar-refractivity contribution is 7.89. The number of ether oxygens (including phenoxy) is 1. The molecule has 1 aliphatic heterocycles. The third-order valence-corrected chi connectivity index (χ3v) is 6.81. The maximum Gasteiger partial charge on any atom is 0.243 e. The smallest absolute Gasteiger partial charge is 0.243 e. The first-order chi connectivity index (χ1) is 13.4. The molecule has 1 fully saturated rings. The summed E-state index contributed by atoms with van der Waals surface area (Å²) in [7, 11) is 0.164. The van der Waals surface area contributed by atoms with Gasteiger partial charge in [-0.2, -0.15) is 4.31 Å². The fourth-order valence-corrected chi connectivity index (χ4v) is 4.78. The molecule has 1 aliphatic rings. The van der Waals surface area contributed by atoms with E-state index < -0.39 is 10.0 Å². The van der Waals surface area contributed by atoms with Gasteiger partial charge in [0.05, 0.1) is 24.2 Å². The molecule has 1 saturated heterocycles. The highest BCUT2D eigenvalue weighted by Gasteiger charge is 2.27. The van der Waals surface area contributed by atoms with Crippen LogP contribution < -0.4 is 0 Å². The van der Waals surface area contributed by atoms with Crippen molar-refractivity contribution in [2.75, 3.05) is 40.4 Å². The molecule has 2 aromatic rings. The first-order valence-corrected chi connectivity index (χ1v) is 10.8. The number of likely N-dealkylation sites (N-methyl/N-ethyl adjacent to an activating group) is 1. The molecule has 1 heterocycles. The largest absolute Gasteiger partial charge is 0.379 e. The van der Waals surface area contributed by atoms with Crippen LogP contribution in [0.1, 0.15) is 15.9 Å². The quantitative estimate of drug-likeness (QED) is 0.664. The van der Waals surface area contributed by atoms with Gasteiger partial charge in [0.15, 0.2) is 5.78 Å². The van der Waals surface area contributed by atoms with E-state index in [0.29, 0.717) is 38.3 Å². The van der Waals surface area contributed by atoms with Crippen LogP contribution in [0.5, 0.6) is 0 Å². The maximum atomic E-state index is 12.9. The number of carbonyl (C=O) groups excluding carboxylic acids is 1. The van der Waals surface area contributed by atoms with E-state index in [1.54, 1.807) is 30.3 Å². The van der Waals surface area contributed by atoms with Crippen LogP contribution in [-0.2, 0) is 21.2 Å². The average Bonchev–Trinajstić information content (AvgIpc) is 2.73. The minimum Gasteiger partial charge on any atom is -0.379 e. The lowest BCUT2D eigenvalue weighted by Crippen LogP contribution is -2.40. The second-order valence-corrected chi connectivity index (χ2v) is 9.02. The molecule has 0 saturated carbocycles. The summed E-state index contributed by atoms with van der Waals surface area (Å²) in [5.41, 5.74) is 1.47. The summed E-state index contributed by atoms with van der Waals surface area (Å²) in [5.74, 6) is 0.0204. The molecule has 6 nitrogen and oxygen atoms in total. The van der Waals surface area contributed by atoms with E-state index in [1.807, 2.05) is 43.3 Å². The lowest BCUT2D eigenvalue weighted by Gasteiger charge is -2.26. The van der Waals surface area contributed by atoms with Gasteiger partial charge in [-0.25, -0.2) is 8.42 Å². The summed E-state index contributed by atoms with van der Waals surface area (Å²) < 4.78 is 32.5. The zero-order valence-electron chi connectivity index (χ0n) is 16.2. The molecule has 0 radical (unpaired) electrons. The van der Waals surface area contributed by atoms with E-state index in [2.05, 4.69) is 0 Å². The lowest BCUT2D eigenvalue weighted by molar-refractivity contribution is 0.0730. The molecule has 0 spiro atoms. The average molecular weight is 403 g/mol. The molecule has 0 bridgehead atoms. The molecule has 7 heteroatoms. The van der Waals surface area contributed by atoms with Crippen molar-refractivity contribution >= 4 is 15.8 Å². The molecule has 0 aromatic heterocycles. The van der Waals surface area contributed by atoms with Gasteiger partial charge in [-0.05, 0) is 38.2 Å². The summed E-state index contributed by atoms with van der Waals surface area (Å²) in [6.45, 7) is 1.54. The van der Waals surface area contributed by atoms with Gasteiger partial charge in [0.25, 0.3) is 0 Å². The van der Waals surface area contributed by atoms with Gasteiger partial charge in [-0.15, -0.1) is 0 Å². The molecule has 28 heavy (non-hydrogen) atoms. The first-order valence-electron chi connectivity index (χ1n) is 9.32. The van der Waals surface area contributed by atoms with Crippen LogP contribution >= 0.6 is 0 Å². The Labute approximate surface area is 166 Å². The SMILES string of the molecule is CN(C)[C@H](Cc1cccc(S(=O)(=O)N2CCOCC2)c1)C(=O)c1ccccc1. The molecule has 0 N–H and O–H groups in total. The van der Waals surface area contributed by atoms with E-state index in [0.717, 1.165) is 5.56 Å². The Morgan fingerprint density at radius 3 is 2.39 bits per heavy atom. The maximum absolute atomic E-state index is 12.9. The van der Waals surface area contributed by atoms with Crippen molar-refractivity contribution in [2.45, 2.75) is 17.4 Å². The molecular formula is C21H26N2O4S. The Hall–Kier alpha value is -2.06. The molecule has 3 rings (SSSR count). The number of sulfonamides is 1. The van der Waals surface area contributed by atoms with Gasteiger partial charge in [-0.3, -0.25) is 9.69 Å². The fraction of sp³-hybridized carbons (Fsp3) is 0.381. The number of Topliss-reactive ketones (excluding diaryl/α,β-unsaturated/α-hetero) is 1. The second kappa shape index (κ2) is 8.96. The predicted molar refractivity (Wildman–Crippen MR) is 108 cm³/mol. The summed E-state index contributed by atoms with van der Waals surface area (Å²) in [6.07, 6.45) is 0.438. The molecule has 2 aromatic carbocycles. The minimum atomic E-state index is -3.56. The summed E-state index contributed by atoms with van der Waals surface area (Å²) in [4.78, 5) is 15.1. The summed E-state index contributed by atoms with van der Waals surface area (Å²) >= 11 is 0. The molecule has 1 atom stereocenters. The second-order valence-electron chi connectivity index (χ2n) is 7.08. The van der Waals surface area contributed by atoms with Crippen LogP contribution in [0.15, 0.2) is 59.5 Å². The van der Waals surface area contributed by atoms with E-state index in [1.165, 1.54) is 4.31 Å². The summed E-state index contributed by atoms with van der Waals surface area (Å²) in [6, 6.07) is 15.7. The van der Waals surface area contributed by atoms with Crippen LogP contribution in [0.2, 0.25) is 0 Å². The van der Waals surface area contributed by atoms with Crippen LogP contribution in [-0.4, -0.2) is 69.8 Å². The molecule has 150 valence electrons. The lowest BCUT2D eigenvalue weighted by atomic mass is 9.97. The van der Waals surface area contributed by atoms with Gasteiger partial charge >= 0.3 is 0 Å². The van der Waals surface area contributed by atoms with E-state index in [9.17, 15) is 13.2 Å². The Morgan fingerprint density at radius 1 is 1.07 bits per heavy atom. The number of rotatable bonds is 7. The minimum absolute atomic E-state index is 0.0204. The standard InChI is InChI=1S/C21H26N2O4S/c1-22(2)20(21(24)18-8-4-3-5-9-18)16-17-7-6-10-19(15-17)28(25,26)23-11-13-27-14-12-23/h3-10,15,20H,11-14,16H2,1-2H3/t20-/m1/s1. The zero-order valence-corrected chi connectivity index (χ0v) is 17.1. The van der Waals surface area contributed by atoms with Gasteiger partial charge in [0.1, 0.15) is 0 Å². The highest BCUT2D eigenvalue weighted by Crippen LogP contribution is 2.20. The number of nitrogens with zero attached hydrogens (tertiary/aromatic N) is 2. The number of ketones is 1. The zero-order chi connectivity index (χ0) is 20.1. The third kappa shape index (κ3) is 4.67. The van der Waals surface area contributed by atoms with Crippen LogP contribution in [0.25, 0.3) is 0 Å². The van der Waals surface area contributed by atoms with Crippen molar-refractivity contribution < 1.29 is 17.9 Å². The van der Waals surface area contributed by atoms with Crippen molar-refractivity contribution in [1.82, 2.24) is 9.21 Å². The van der Waals surface area contributed by atoms with Crippen LogP contribution in [0.3, 0.4) is 0 Å². The van der Waals surface area contributed by atoms with E-state index >= 15 is 0 Å². The molecule has 0 amide bonds. The Morgan fingerprint density at radius 2 is 1.75 bits per heavy atom. The Balaban J connectivity index is 1.83. The topological polar surface area (TPSA) is 66.9 Å². The first kappa shape index (κ1) is 20.7. The van der Waals surface area contributed by atoms with Crippen molar-refractivity contribution in [3.63, 3.8) is 0 Å². The normalized spacial score (nSPS) is 16.8. The van der Waals surface area contributed by atoms with Crippen molar-refractivity contribution in [3.05, 3.63) is 65.7 Å². The summed E-state index contributed by atoms with van der Waals surface area (Å²) in [5, 5.41) is 0. The van der Waals surface area contributed by atoms with Crippen molar-refractivity contribution in [3.8, 4) is 0 Å². The van der Waals surface area contributed by atoms with Crippen molar-refractivity contribution in [1.29, 1.82) is 0 Å². The molecular weight excluding hydrogens is 376 g/mol. The number of hydrogen-bond donors (Lipinski definition) is 0. The number of hydrogen-bond acceptors (Lipinski definition) is 5. The van der Waals surface area contributed by atoms with Crippen LogP contribution in [0.4, 0.5) is 0 Å².